The minimum absolute atomic E-state index is 0.0694. The van der Waals surface area contributed by atoms with Crippen LogP contribution < -0.4 is 5.73 Å². The molecule has 0 spiro atoms. The number of fused-ring (bicyclic) bond motifs is 1. The van der Waals surface area contributed by atoms with Crippen LogP contribution in [0.4, 0.5) is 0 Å². The molecule has 0 aliphatic rings. The molecule has 0 saturated heterocycles. The van der Waals surface area contributed by atoms with Gasteiger partial charge >= 0.3 is 0 Å². The maximum Gasteiger partial charge on any atom is 0.189 e. The van der Waals surface area contributed by atoms with Crippen LogP contribution >= 0.6 is 0 Å². The quantitative estimate of drug-likeness (QED) is 0.306. The fourth-order valence-electron chi connectivity index (χ4n) is 1.85. The zero-order chi connectivity index (χ0) is 13.2. The third-order valence-electron chi connectivity index (χ3n) is 2.72. The van der Waals surface area contributed by atoms with Crippen LogP contribution in [0.5, 0.6) is 0 Å². The zero-order valence-corrected chi connectivity index (χ0v) is 9.80. The standard InChI is InChI=1S/C12H10N6O/c13-11(17-19)10-9-6-16-18(12(9)15-7-14-10)8-4-2-1-3-5-8/h1-7,19H,(H2,13,17). The van der Waals surface area contributed by atoms with Crippen LogP contribution in [0.25, 0.3) is 16.7 Å². The van der Waals surface area contributed by atoms with Crippen LogP contribution in [0, 0.1) is 0 Å². The van der Waals surface area contributed by atoms with Gasteiger partial charge in [-0.2, -0.15) is 5.10 Å². The maximum atomic E-state index is 8.75. The van der Waals surface area contributed by atoms with Gasteiger partial charge in [0.15, 0.2) is 11.5 Å². The smallest absolute Gasteiger partial charge is 0.189 e. The molecule has 1 aromatic carbocycles. The van der Waals surface area contributed by atoms with Crippen molar-refractivity contribution in [3.8, 4) is 5.69 Å². The molecule has 3 rings (SSSR count). The van der Waals surface area contributed by atoms with Gasteiger partial charge in [-0.1, -0.05) is 23.4 Å². The van der Waals surface area contributed by atoms with Crippen molar-refractivity contribution in [1.82, 2.24) is 19.7 Å². The molecule has 7 heteroatoms. The van der Waals surface area contributed by atoms with Crippen LogP contribution in [-0.2, 0) is 0 Å². The second-order valence-corrected chi connectivity index (χ2v) is 3.84. The van der Waals surface area contributed by atoms with Crippen molar-refractivity contribution >= 4 is 16.9 Å². The molecule has 2 aromatic heterocycles. The molecule has 0 saturated carbocycles. The van der Waals surface area contributed by atoms with Gasteiger partial charge in [-0.15, -0.1) is 0 Å². The Balaban J connectivity index is 2.26. The molecule has 0 aliphatic heterocycles. The second-order valence-electron chi connectivity index (χ2n) is 3.84. The second kappa shape index (κ2) is 4.37. The largest absolute Gasteiger partial charge is 0.409 e. The van der Waals surface area contributed by atoms with E-state index in [1.807, 2.05) is 30.3 Å². The fourth-order valence-corrected chi connectivity index (χ4v) is 1.85. The van der Waals surface area contributed by atoms with E-state index in [1.165, 1.54) is 6.33 Å². The summed E-state index contributed by atoms with van der Waals surface area (Å²) in [6.45, 7) is 0. The number of hydrogen-bond donors (Lipinski definition) is 2. The first kappa shape index (κ1) is 11.1. The molecule has 2 heterocycles. The van der Waals surface area contributed by atoms with E-state index >= 15 is 0 Å². The monoisotopic (exact) mass is 254 g/mol. The number of aromatic nitrogens is 4. The number of nitrogens with two attached hydrogens (primary N) is 1. The number of oxime groups is 1. The van der Waals surface area contributed by atoms with Gasteiger partial charge in [0.1, 0.15) is 12.0 Å². The number of hydrogen-bond acceptors (Lipinski definition) is 5. The van der Waals surface area contributed by atoms with Crippen LogP contribution in [-0.4, -0.2) is 30.8 Å². The predicted octanol–water partition coefficient (Wildman–Crippen LogP) is 0.910. The molecule has 0 radical (unpaired) electrons. The maximum absolute atomic E-state index is 8.75. The SMILES string of the molecule is NC(=NO)c1ncnc2c1cnn2-c1ccccc1. The number of para-hydroxylation sites is 1. The lowest BCUT2D eigenvalue weighted by Gasteiger charge is -2.03. The Hall–Kier alpha value is -2.96. The van der Waals surface area contributed by atoms with Gasteiger partial charge in [-0.25, -0.2) is 14.6 Å². The summed E-state index contributed by atoms with van der Waals surface area (Å²) in [5.41, 5.74) is 7.41. The van der Waals surface area contributed by atoms with Crippen LogP contribution in [0.3, 0.4) is 0 Å². The first-order chi connectivity index (χ1) is 9.31. The van der Waals surface area contributed by atoms with Crippen molar-refractivity contribution < 1.29 is 5.21 Å². The van der Waals surface area contributed by atoms with Crippen molar-refractivity contribution in [1.29, 1.82) is 0 Å². The van der Waals surface area contributed by atoms with Crippen LogP contribution in [0.2, 0.25) is 0 Å². The lowest BCUT2D eigenvalue weighted by atomic mass is 10.2. The summed E-state index contributed by atoms with van der Waals surface area (Å²) in [7, 11) is 0. The van der Waals surface area contributed by atoms with Crippen molar-refractivity contribution in [2.45, 2.75) is 0 Å². The minimum atomic E-state index is -0.0694. The van der Waals surface area contributed by atoms with Crippen molar-refractivity contribution in [2.75, 3.05) is 0 Å². The molecule has 0 fully saturated rings. The molecule has 0 atom stereocenters. The summed E-state index contributed by atoms with van der Waals surface area (Å²) in [6, 6.07) is 9.57. The minimum Gasteiger partial charge on any atom is -0.409 e. The molecule has 0 aliphatic carbocycles. The van der Waals surface area contributed by atoms with Gasteiger partial charge in [0.05, 0.1) is 17.3 Å². The highest BCUT2D eigenvalue weighted by Crippen LogP contribution is 2.17. The molecule has 7 nitrogen and oxygen atoms in total. The van der Waals surface area contributed by atoms with Crippen molar-refractivity contribution in [2.24, 2.45) is 10.9 Å². The molecular formula is C12H10N6O. The Morgan fingerprint density at radius 3 is 2.74 bits per heavy atom. The van der Waals surface area contributed by atoms with Crippen molar-refractivity contribution in [3.63, 3.8) is 0 Å². The average molecular weight is 254 g/mol. The molecule has 0 amide bonds. The fraction of sp³-hybridized carbons (Fsp3) is 0. The predicted molar refractivity (Wildman–Crippen MR) is 69.2 cm³/mol. The van der Waals surface area contributed by atoms with Gasteiger partial charge in [0, 0.05) is 0 Å². The highest BCUT2D eigenvalue weighted by atomic mass is 16.4. The Bertz CT molecular complexity index is 749. The van der Waals surface area contributed by atoms with E-state index in [1.54, 1.807) is 10.9 Å². The third kappa shape index (κ3) is 1.77. The number of benzene rings is 1. The molecule has 3 aromatic rings. The molecule has 94 valence electrons. The van der Waals surface area contributed by atoms with Gasteiger partial charge in [0.2, 0.25) is 0 Å². The van der Waals surface area contributed by atoms with E-state index in [2.05, 4.69) is 20.2 Å². The molecule has 19 heavy (non-hydrogen) atoms. The van der Waals surface area contributed by atoms with E-state index in [0.29, 0.717) is 16.7 Å². The van der Waals surface area contributed by atoms with E-state index < -0.39 is 0 Å². The number of nitrogens with zero attached hydrogens (tertiary/aromatic N) is 5. The Kier molecular flexibility index (Phi) is 2.57. The number of rotatable bonds is 2. The molecule has 0 unspecified atom stereocenters. The van der Waals surface area contributed by atoms with E-state index in [0.717, 1.165) is 5.69 Å². The van der Waals surface area contributed by atoms with E-state index in [4.69, 9.17) is 10.9 Å². The average Bonchev–Trinajstić information content (AvgIpc) is 2.91. The topological polar surface area (TPSA) is 102 Å². The van der Waals surface area contributed by atoms with E-state index in [-0.39, 0.29) is 5.84 Å². The first-order valence-corrected chi connectivity index (χ1v) is 5.53. The summed E-state index contributed by atoms with van der Waals surface area (Å²) in [6.07, 6.45) is 2.95. The Labute approximate surface area is 108 Å². The summed E-state index contributed by atoms with van der Waals surface area (Å²) in [5, 5.41) is 16.6. The van der Waals surface area contributed by atoms with Gasteiger partial charge < -0.3 is 10.9 Å². The summed E-state index contributed by atoms with van der Waals surface area (Å²) in [5.74, 6) is -0.0694. The molecular weight excluding hydrogens is 244 g/mol. The summed E-state index contributed by atoms with van der Waals surface area (Å²) < 4.78 is 1.67. The first-order valence-electron chi connectivity index (χ1n) is 5.53. The summed E-state index contributed by atoms with van der Waals surface area (Å²) >= 11 is 0. The van der Waals surface area contributed by atoms with Gasteiger partial charge in [0.25, 0.3) is 0 Å². The number of amidine groups is 1. The van der Waals surface area contributed by atoms with Gasteiger partial charge in [-0.3, -0.25) is 0 Å². The highest BCUT2D eigenvalue weighted by molar-refractivity contribution is 6.05. The third-order valence-corrected chi connectivity index (χ3v) is 2.72. The molecule has 0 bridgehead atoms. The van der Waals surface area contributed by atoms with Gasteiger partial charge in [-0.05, 0) is 12.1 Å². The summed E-state index contributed by atoms with van der Waals surface area (Å²) in [4.78, 5) is 8.20. The Morgan fingerprint density at radius 1 is 1.21 bits per heavy atom. The lowest BCUT2D eigenvalue weighted by Crippen LogP contribution is -2.15. The normalized spacial score (nSPS) is 11.9. The van der Waals surface area contributed by atoms with Crippen LogP contribution in [0.1, 0.15) is 5.69 Å². The zero-order valence-electron chi connectivity index (χ0n) is 9.80. The van der Waals surface area contributed by atoms with E-state index in [9.17, 15) is 0 Å². The molecule has 3 N–H and O–H groups in total. The van der Waals surface area contributed by atoms with Crippen molar-refractivity contribution in [3.05, 3.63) is 48.5 Å². The highest BCUT2D eigenvalue weighted by Gasteiger charge is 2.13. The lowest BCUT2D eigenvalue weighted by molar-refractivity contribution is 0.318. The Morgan fingerprint density at radius 2 is 2.00 bits per heavy atom. The van der Waals surface area contributed by atoms with Crippen LogP contribution in [0.15, 0.2) is 48.0 Å².